The number of aromatic nitrogens is 1. The summed E-state index contributed by atoms with van der Waals surface area (Å²) in [6.45, 7) is 0.384. The lowest BCUT2D eigenvalue weighted by atomic mass is 10.1. The standard InChI is InChI=1S/C27H30F3N3O5S2/c1-3-40(36,37)21-9-10-24(26(17-21)38-2)31-13-5-6-20-16-22-23(32-19-11-14-39(34,35)15-12-19)7-4-8-25(22)33(20)18-27(28,29)30/h4,7-10,16-17,19,31-32H,3,11-15,18H2,1-2H3. The lowest BCUT2D eigenvalue weighted by Crippen LogP contribution is -2.32. The van der Waals surface area contributed by atoms with Crippen LogP contribution in [-0.2, 0) is 26.2 Å². The second kappa shape index (κ2) is 11.6. The number of nitrogens with one attached hydrogen (secondary N) is 2. The average molecular weight is 598 g/mol. The van der Waals surface area contributed by atoms with Crippen molar-refractivity contribution < 1.29 is 34.7 Å². The third kappa shape index (κ3) is 7.03. The largest absolute Gasteiger partial charge is 0.495 e. The first-order valence-corrected chi connectivity index (χ1v) is 16.1. The van der Waals surface area contributed by atoms with Gasteiger partial charge in [-0.1, -0.05) is 18.9 Å². The Morgan fingerprint density at radius 3 is 2.48 bits per heavy atom. The molecule has 40 heavy (non-hydrogen) atoms. The summed E-state index contributed by atoms with van der Waals surface area (Å²) in [6.07, 6.45) is -3.63. The molecule has 0 saturated carbocycles. The van der Waals surface area contributed by atoms with Gasteiger partial charge in [0.15, 0.2) is 9.84 Å². The zero-order chi connectivity index (χ0) is 29.1. The second-order valence-electron chi connectivity index (χ2n) is 9.46. The van der Waals surface area contributed by atoms with Crippen LogP contribution in [0.3, 0.4) is 0 Å². The van der Waals surface area contributed by atoms with E-state index in [1.807, 2.05) is 0 Å². The molecule has 2 aromatic carbocycles. The summed E-state index contributed by atoms with van der Waals surface area (Å²) in [5.41, 5.74) is 1.64. The fraction of sp³-hybridized carbons (Fsp3) is 0.407. The lowest BCUT2D eigenvalue weighted by molar-refractivity contribution is -0.140. The van der Waals surface area contributed by atoms with Crippen molar-refractivity contribution in [1.29, 1.82) is 0 Å². The number of alkyl halides is 3. The van der Waals surface area contributed by atoms with Crippen LogP contribution in [0, 0.1) is 11.8 Å². The predicted molar refractivity (Wildman–Crippen MR) is 149 cm³/mol. The number of benzene rings is 2. The van der Waals surface area contributed by atoms with Crippen LogP contribution in [0.1, 0.15) is 25.5 Å². The van der Waals surface area contributed by atoms with E-state index in [0.717, 1.165) is 4.57 Å². The van der Waals surface area contributed by atoms with Gasteiger partial charge in [0.2, 0.25) is 0 Å². The summed E-state index contributed by atoms with van der Waals surface area (Å²) in [7, 11) is -5.07. The molecule has 1 saturated heterocycles. The molecule has 2 N–H and O–H groups in total. The van der Waals surface area contributed by atoms with Gasteiger partial charge in [0.05, 0.1) is 52.7 Å². The maximum absolute atomic E-state index is 13.5. The highest BCUT2D eigenvalue weighted by atomic mass is 32.2. The third-order valence-corrected chi connectivity index (χ3v) is 10.1. The fourth-order valence-electron chi connectivity index (χ4n) is 4.57. The average Bonchev–Trinajstić information content (AvgIpc) is 3.24. The van der Waals surface area contributed by atoms with Crippen LogP contribution < -0.4 is 15.4 Å². The maximum Gasteiger partial charge on any atom is 0.406 e. The Morgan fingerprint density at radius 2 is 1.82 bits per heavy atom. The first-order valence-electron chi connectivity index (χ1n) is 12.6. The topological polar surface area (TPSA) is 107 Å². The van der Waals surface area contributed by atoms with Crippen molar-refractivity contribution in [2.75, 3.05) is 41.5 Å². The molecule has 2 heterocycles. The monoisotopic (exact) mass is 597 g/mol. The van der Waals surface area contributed by atoms with Gasteiger partial charge in [-0.3, -0.25) is 0 Å². The maximum atomic E-state index is 13.5. The molecule has 8 nitrogen and oxygen atoms in total. The lowest BCUT2D eigenvalue weighted by Gasteiger charge is -2.24. The molecule has 216 valence electrons. The van der Waals surface area contributed by atoms with Crippen LogP contribution in [0.15, 0.2) is 47.4 Å². The first kappa shape index (κ1) is 29.6. The highest BCUT2D eigenvalue weighted by Crippen LogP contribution is 2.32. The molecule has 4 rings (SSSR count). The molecule has 0 radical (unpaired) electrons. The number of hydrogen-bond donors (Lipinski definition) is 2. The van der Waals surface area contributed by atoms with Gasteiger partial charge >= 0.3 is 6.18 Å². The highest BCUT2D eigenvalue weighted by Gasteiger charge is 2.30. The van der Waals surface area contributed by atoms with E-state index < -0.39 is 32.4 Å². The van der Waals surface area contributed by atoms with E-state index in [-0.39, 0.29) is 40.4 Å². The van der Waals surface area contributed by atoms with Gasteiger partial charge in [-0.15, -0.1) is 0 Å². The Bertz CT molecular complexity index is 1660. The van der Waals surface area contributed by atoms with Gasteiger partial charge in [-0.2, -0.15) is 13.2 Å². The molecule has 0 aliphatic carbocycles. The van der Waals surface area contributed by atoms with Crippen LogP contribution in [0.25, 0.3) is 10.9 Å². The Labute approximate surface area is 231 Å². The van der Waals surface area contributed by atoms with Crippen molar-refractivity contribution in [1.82, 2.24) is 4.57 Å². The van der Waals surface area contributed by atoms with Gasteiger partial charge in [-0.25, -0.2) is 16.8 Å². The van der Waals surface area contributed by atoms with Crippen molar-refractivity contribution >= 4 is 42.0 Å². The summed E-state index contributed by atoms with van der Waals surface area (Å²) < 4.78 is 94.8. The van der Waals surface area contributed by atoms with Crippen LogP contribution in [0.4, 0.5) is 24.5 Å². The quantitative estimate of drug-likeness (QED) is 0.370. The number of sulfone groups is 2. The third-order valence-electron chi connectivity index (χ3n) is 6.69. The molecule has 1 aliphatic heterocycles. The van der Waals surface area contributed by atoms with Gasteiger partial charge in [0, 0.05) is 23.2 Å². The minimum absolute atomic E-state index is 0.0554. The van der Waals surface area contributed by atoms with Crippen molar-refractivity contribution in [3.63, 3.8) is 0 Å². The van der Waals surface area contributed by atoms with Crippen LogP contribution in [0.5, 0.6) is 5.75 Å². The van der Waals surface area contributed by atoms with Crippen LogP contribution in [-0.4, -0.2) is 64.5 Å². The highest BCUT2D eigenvalue weighted by molar-refractivity contribution is 7.91. The molecule has 1 aromatic heterocycles. The molecular weight excluding hydrogens is 567 g/mol. The normalized spacial score (nSPS) is 15.8. The number of methoxy groups -OCH3 is 1. The van der Waals surface area contributed by atoms with Crippen molar-refractivity contribution in [3.05, 3.63) is 48.2 Å². The van der Waals surface area contributed by atoms with Crippen molar-refractivity contribution in [3.8, 4) is 17.6 Å². The summed E-state index contributed by atoms with van der Waals surface area (Å²) >= 11 is 0. The molecule has 13 heteroatoms. The van der Waals surface area contributed by atoms with E-state index in [1.165, 1.54) is 19.2 Å². The van der Waals surface area contributed by atoms with E-state index in [1.54, 1.807) is 37.3 Å². The minimum Gasteiger partial charge on any atom is -0.495 e. The molecule has 1 aliphatic rings. The smallest absolute Gasteiger partial charge is 0.406 e. The number of ether oxygens (including phenoxy) is 1. The number of rotatable bonds is 8. The summed E-state index contributed by atoms with van der Waals surface area (Å²) in [5, 5.41) is 6.89. The van der Waals surface area contributed by atoms with E-state index in [4.69, 9.17) is 4.74 Å². The van der Waals surface area contributed by atoms with Crippen molar-refractivity contribution in [2.45, 2.75) is 43.4 Å². The summed E-state index contributed by atoms with van der Waals surface area (Å²) in [4.78, 5) is 0.124. The van der Waals surface area contributed by atoms with E-state index in [0.29, 0.717) is 40.9 Å². The van der Waals surface area contributed by atoms with E-state index in [2.05, 4.69) is 22.5 Å². The Kier molecular flexibility index (Phi) is 8.60. The summed E-state index contributed by atoms with van der Waals surface area (Å²) in [5.74, 6) is 6.06. The molecule has 0 spiro atoms. The molecule has 0 bridgehead atoms. The Balaban J connectivity index is 1.59. The van der Waals surface area contributed by atoms with E-state index >= 15 is 0 Å². The van der Waals surface area contributed by atoms with Gasteiger partial charge < -0.3 is 19.9 Å². The number of anilines is 2. The molecule has 0 amide bonds. The molecule has 1 fully saturated rings. The number of nitrogens with zero attached hydrogens (tertiary/aromatic N) is 1. The molecular formula is C27H30F3N3O5S2. The number of halogens is 3. The first-order chi connectivity index (χ1) is 18.8. The van der Waals surface area contributed by atoms with E-state index in [9.17, 15) is 30.0 Å². The number of hydrogen-bond acceptors (Lipinski definition) is 7. The fourth-order valence-corrected chi connectivity index (χ4v) is 6.96. The molecule has 0 atom stereocenters. The number of fused-ring (bicyclic) bond motifs is 1. The van der Waals surface area contributed by atoms with Gasteiger partial charge in [0.1, 0.15) is 22.1 Å². The Hall–Kier alpha value is -3.37. The van der Waals surface area contributed by atoms with Gasteiger partial charge in [-0.05, 0) is 49.1 Å². The van der Waals surface area contributed by atoms with Crippen LogP contribution >= 0.6 is 0 Å². The zero-order valence-corrected chi connectivity index (χ0v) is 23.6. The predicted octanol–water partition coefficient (Wildman–Crippen LogP) is 4.46. The van der Waals surface area contributed by atoms with Crippen LogP contribution in [0.2, 0.25) is 0 Å². The minimum atomic E-state index is -4.48. The van der Waals surface area contributed by atoms with Gasteiger partial charge in [0.25, 0.3) is 0 Å². The zero-order valence-electron chi connectivity index (χ0n) is 22.0. The van der Waals surface area contributed by atoms with Crippen molar-refractivity contribution in [2.24, 2.45) is 0 Å². The second-order valence-corrected chi connectivity index (χ2v) is 14.0. The Morgan fingerprint density at radius 1 is 1.10 bits per heavy atom. The summed E-state index contributed by atoms with van der Waals surface area (Å²) in [6, 6.07) is 10.9. The molecule has 3 aromatic rings. The molecule has 0 unspecified atom stereocenters. The SMILES string of the molecule is CCS(=O)(=O)c1ccc(NCC#Cc2cc3c(NC4CCS(=O)(=O)CC4)cccc3n2CC(F)(F)F)c(OC)c1.